The van der Waals surface area contributed by atoms with E-state index < -0.39 is 0 Å². The number of benzene rings is 1. The maximum atomic E-state index is 5.75. The molecule has 184 valence electrons. The van der Waals surface area contributed by atoms with Gasteiger partial charge in [-0.2, -0.15) is 0 Å². The summed E-state index contributed by atoms with van der Waals surface area (Å²) in [7, 11) is 3.72. The Morgan fingerprint density at radius 3 is 1.71 bits per heavy atom. The van der Waals surface area contributed by atoms with Crippen LogP contribution in [0.15, 0.2) is 72.8 Å². The number of rotatable bonds is 1. The molecule has 3 aliphatic heterocycles. The average Bonchev–Trinajstić information content (AvgIpc) is 3.71. The predicted octanol–water partition coefficient (Wildman–Crippen LogP) is 5.94. The van der Waals surface area contributed by atoms with Crippen LogP contribution in [0.5, 0.6) is 0 Å². The topological polar surface area (TPSA) is 66.6 Å². The quantitative estimate of drug-likeness (QED) is 0.208. The van der Waals surface area contributed by atoms with Gasteiger partial charge in [-0.1, -0.05) is 0 Å². The molecule has 8 bridgehead atoms. The van der Waals surface area contributed by atoms with Crippen molar-refractivity contribution in [3.05, 3.63) is 101 Å². The second-order valence-corrected chi connectivity index (χ2v) is 12.7. The summed E-state index contributed by atoms with van der Waals surface area (Å²) < 4.78 is 7.20. The third kappa shape index (κ3) is 6.31. The van der Waals surface area contributed by atoms with E-state index in [4.69, 9.17) is 4.74 Å². The fourth-order valence-corrected chi connectivity index (χ4v) is 5.65. The van der Waals surface area contributed by atoms with Gasteiger partial charge in [0, 0.05) is 22.1 Å². The predicted molar refractivity (Wildman–Crippen MR) is 158 cm³/mol. The molecule has 4 aromatic rings. The number of hydrogen-bond donors (Lipinski definition) is 2. The molecular weight excluding hydrogens is 680 g/mol. The van der Waals surface area contributed by atoms with Gasteiger partial charge in [-0.15, -0.1) is 0 Å². The Morgan fingerprint density at radius 2 is 1.18 bits per heavy atom. The summed E-state index contributed by atoms with van der Waals surface area (Å²) in [4.78, 5) is 16.0. The number of aromatic nitrogens is 4. The molecule has 6 heterocycles. The molecule has 1 saturated heterocycles. The number of nitrogens with one attached hydrogen (secondary N) is 2. The van der Waals surface area contributed by atoms with E-state index in [0.717, 1.165) is 90.1 Å². The van der Waals surface area contributed by atoms with Crippen molar-refractivity contribution in [3.63, 3.8) is 0 Å². The molecule has 3 aliphatic rings. The summed E-state index contributed by atoms with van der Waals surface area (Å²) in [6.07, 6.45) is 10.6. The molecule has 7 heteroatoms. The summed E-state index contributed by atoms with van der Waals surface area (Å²) >= 11 is 1.13. The minimum absolute atomic E-state index is 0.300. The van der Waals surface area contributed by atoms with Gasteiger partial charge in [0.1, 0.15) is 0 Å². The number of fused-ring (bicyclic) bond motifs is 8. The van der Waals surface area contributed by atoms with Gasteiger partial charge in [0.05, 0.1) is 22.8 Å². The van der Waals surface area contributed by atoms with Crippen molar-refractivity contribution in [3.8, 4) is 0 Å². The van der Waals surface area contributed by atoms with Crippen molar-refractivity contribution in [1.82, 2.24) is 19.9 Å². The molecule has 1 aromatic carbocycles. The van der Waals surface area contributed by atoms with E-state index in [1.165, 1.54) is 8.69 Å². The van der Waals surface area contributed by atoms with E-state index in [1.54, 1.807) is 0 Å². The third-order valence-corrected chi connectivity index (χ3v) is 8.43. The molecule has 1 fully saturated rings. The van der Waals surface area contributed by atoms with E-state index in [0.29, 0.717) is 11.6 Å². The first-order chi connectivity index (χ1) is 18.6. The third-order valence-electron chi connectivity index (χ3n) is 6.61. The zero-order valence-corrected chi connectivity index (χ0v) is 25.7. The SMILES string of the molecule is C1=Cc2cc3ccc(cc4ccc(cc5nc(cc1n2)C=C5)[nH]4)[nH]3.[Si]C1CCOC(c2cc[c]([Pb])cc2)C1. The molecule has 0 saturated carbocycles. The number of hydrogen-bond acceptors (Lipinski definition) is 3. The van der Waals surface area contributed by atoms with E-state index in [1.807, 2.05) is 42.5 Å². The Labute approximate surface area is 241 Å². The fraction of sp³-hybridized carbons (Fsp3) is 0.161. The van der Waals surface area contributed by atoms with Crippen LogP contribution in [0.4, 0.5) is 0 Å². The van der Waals surface area contributed by atoms with Gasteiger partial charge < -0.3 is 9.97 Å². The van der Waals surface area contributed by atoms with Crippen LogP contribution in [0, 0.1) is 0 Å². The van der Waals surface area contributed by atoms with Gasteiger partial charge in [0.15, 0.2) is 0 Å². The van der Waals surface area contributed by atoms with Crippen LogP contribution >= 0.6 is 0 Å². The first-order valence-electron chi connectivity index (χ1n) is 12.7. The zero-order valence-electron chi connectivity index (χ0n) is 20.8. The zero-order chi connectivity index (χ0) is 25.9. The minimum atomic E-state index is 0.300. The van der Waals surface area contributed by atoms with Gasteiger partial charge in [-0.3, -0.25) is 0 Å². The molecule has 38 heavy (non-hydrogen) atoms. The van der Waals surface area contributed by atoms with Crippen molar-refractivity contribution in [2.75, 3.05) is 6.61 Å². The number of ether oxygens (including phenoxy) is 1. The molecule has 0 aliphatic carbocycles. The summed E-state index contributed by atoms with van der Waals surface area (Å²) in [6.45, 7) is 0.876. The fourth-order valence-electron chi connectivity index (χ4n) is 4.67. The van der Waals surface area contributed by atoms with E-state index >= 15 is 0 Å². The van der Waals surface area contributed by atoms with E-state index in [-0.39, 0.29) is 0 Å². The molecule has 2 unspecified atom stereocenters. The van der Waals surface area contributed by atoms with Gasteiger partial charge in [0.25, 0.3) is 0 Å². The Kier molecular flexibility index (Phi) is 7.53. The summed E-state index contributed by atoms with van der Waals surface area (Å²) in [5.74, 6) is 0. The summed E-state index contributed by atoms with van der Waals surface area (Å²) in [5.41, 5.74) is 9.80. The number of H-pyrrole nitrogens is 2. The van der Waals surface area contributed by atoms with Crippen molar-refractivity contribution in [2.45, 2.75) is 24.5 Å². The first kappa shape index (κ1) is 25.2. The molecule has 3 aromatic heterocycles. The monoisotopic (exact) mass is 706 g/mol. The molecule has 7 rings (SSSR count). The van der Waals surface area contributed by atoms with Gasteiger partial charge in [-0.05, 0) is 72.8 Å². The molecule has 6 radical (unpaired) electrons. The van der Waals surface area contributed by atoms with Gasteiger partial charge >= 0.3 is 105 Å². The van der Waals surface area contributed by atoms with Crippen molar-refractivity contribution in [1.29, 1.82) is 0 Å². The Bertz CT molecular complexity index is 1580. The number of aromatic amines is 2. The Balaban J connectivity index is 0.000000161. The van der Waals surface area contributed by atoms with Crippen LogP contribution < -0.4 is 3.12 Å². The summed E-state index contributed by atoms with van der Waals surface area (Å²) in [6, 6.07) is 25.2. The molecular formula is C31H26N4OPbSi. The van der Waals surface area contributed by atoms with Crippen molar-refractivity contribution < 1.29 is 4.74 Å². The van der Waals surface area contributed by atoms with Gasteiger partial charge in [-0.25, -0.2) is 9.97 Å². The van der Waals surface area contributed by atoms with Crippen molar-refractivity contribution >= 4 is 85.5 Å². The van der Waals surface area contributed by atoms with Crippen molar-refractivity contribution in [2.24, 2.45) is 0 Å². The maximum absolute atomic E-state index is 5.75. The normalized spacial score (nSPS) is 18.2. The van der Waals surface area contributed by atoms with Crippen LogP contribution in [0.3, 0.4) is 0 Å². The molecule has 0 spiro atoms. The summed E-state index contributed by atoms with van der Waals surface area (Å²) in [5, 5.41) is 0. The molecule has 2 atom stereocenters. The van der Waals surface area contributed by atoms with Crippen LogP contribution in [0.2, 0.25) is 5.54 Å². The Morgan fingerprint density at radius 1 is 0.684 bits per heavy atom. The van der Waals surface area contributed by atoms with E-state index in [2.05, 4.69) is 84.8 Å². The average molecular weight is 706 g/mol. The van der Waals surface area contributed by atoms with Gasteiger partial charge in [0.2, 0.25) is 0 Å². The molecule has 2 N–H and O–H groups in total. The van der Waals surface area contributed by atoms with Crippen LogP contribution in [-0.2, 0) is 4.74 Å². The van der Waals surface area contributed by atoms with Crippen LogP contribution in [0.25, 0.3) is 46.4 Å². The standard InChI is InChI=1S/C20H14N4.C11H12OSi.Pb/c1-2-14-10-16-5-6-18(23-16)12-20-8-7-19(24-20)11-17-4-3-15(22-17)9-13(1)21-14;13-10-6-7-12-11(8-10)9-4-2-1-3-5-9;/h1-12,21-22H;2-5,10-11H,6-8H2;. The second kappa shape index (κ2) is 11.3. The second-order valence-electron chi connectivity index (χ2n) is 9.61. The van der Waals surface area contributed by atoms with Crippen LogP contribution in [-0.4, -0.2) is 62.6 Å². The molecule has 0 amide bonds. The Hall–Kier alpha value is -3.08. The number of nitrogens with zero attached hydrogens (tertiary/aromatic N) is 2. The van der Waals surface area contributed by atoms with Crippen LogP contribution in [0.1, 0.15) is 47.3 Å². The molecule has 5 nitrogen and oxygen atoms in total. The van der Waals surface area contributed by atoms with E-state index in [9.17, 15) is 0 Å². The first-order valence-corrected chi connectivity index (χ1v) is 15.3.